The van der Waals surface area contributed by atoms with E-state index in [1.165, 1.54) is 0 Å². The van der Waals surface area contributed by atoms with Crippen LogP contribution in [-0.2, 0) is 19.5 Å². The van der Waals surface area contributed by atoms with Crippen LogP contribution in [0.3, 0.4) is 0 Å². The van der Waals surface area contributed by atoms with Crippen molar-refractivity contribution < 1.29 is 19.5 Å². The van der Waals surface area contributed by atoms with Crippen LogP contribution in [0.4, 0.5) is 0 Å². The van der Waals surface area contributed by atoms with E-state index in [-0.39, 0.29) is 19.5 Å². The molecule has 5 aliphatic heterocycles. The minimum Gasteiger partial charge on any atom is -0.249 e. The van der Waals surface area contributed by atoms with Crippen LogP contribution in [0, 0.1) is 0 Å². The molecule has 0 saturated carbocycles. The summed E-state index contributed by atoms with van der Waals surface area (Å²) in [5.41, 5.74) is 9.19. The zero-order chi connectivity index (χ0) is 19.9. The van der Waals surface area contributed by atoms with Crippen LogP contribution in [0.5, 0.6) is 0 Å². The molecular formula is C26H16N4Zn. The molecule has 0 amide bonds. The summed E-state index contributed by atoms with van der Waals surface area (Å²) >= 11 is 0. The van der Waals surface area contributed by atoms with E-state index in [4.69, 9.17) is 9.98 Å². The van der Waals surface area contributed by atoms with E-state index in [9.17, 15) is 0 Å². The fourth-order valence-corrected chi connectivity index (χ4v) is 3.79. The Kier molecular flexibility index (Phi) is 4.97. The molecule has 0 N–H and O–H groups in total. The average molecular weight is 450 g/mol. The minimum absolute atomic E-state index is 0. The van der Waals surface area contributed by atoms with Crippen molar-refractivity contribution in [1.29, 1.82) is 0 Å². The summed E-state index contributed by atoms with van der Waals surface area (Å²) in [4.78, 5) is 19.1. The van der Waals surface area contributed by atoms with Crippen molar-refractivity contribution >= 4 is 28.4 Å². The van der Waals surface area contributed by atoms with Crippen LogP contribution >= 0.6 is 0 Å². The van der Waals surface area contributed by atoms with Gasteiger partial charge in [0.05, 0.1) is 45.6 Å². The largest absolute Gasteiger partial charge is 0.249 e. The number of hydrogen-bond donors (Lipinski definition) is 0. The van der Waals surface area contributed by atoms with E-state index in [0.717, 1.165) is 56.8 Å². The molecule has 6 rings (SSSR count). The fraction of sp³-hybridized carbons (Fsp3) is 0. The second-order valence-corrected chi connectivity index (χ2v) is 7.27. The Balaban J connectivity index is 0.00000204. The van der Waals surface area contributed by atoms with Gasteiger partial charge >= 0.3 is 0 Å². The van der Waals surface area contributed by atoms with Crippen molar-refractivity contribution in [2.24, 2.45) is 20.0 Å². The third-order valence-corrected chi connectivity index (χ3v) is 5.15. The van der Waals surface area contributed by atoms with Gasteiger partial charge in [-0.05, 0) is 72.4 Å². The topological polar surface area (TPSA) is 49.4 Å². The Hall–Kier alpha value is -3.56. The molecule has 8 bridgehead atoms. The van der Waals surface area contributed by atoms with Crippen LogP contribution in [0.2, 0.25) is 0 Å². The summed E-state index contributed by atoms with van der Waals surface area (Å²) in [5.74, 6) is 0. The SMILES string of the molecule is C1=CC2=NC1=CC1=NC(=C(c3ccccc3)C3=NC(=CC4=NC(=C2)C=C4)C=C3)C=C1.[Zn]. The van der Waals surface area contributed by atoms with Gasteiger partial charge < -0.3 is 0 Å². The maximum atomic E-state index is 4.87. The van der Waals surface area contributed by atoms with Crippen molar-refractivity contribution in [1.82, 2.24) is 0 Å². The quantitative estimate of drug-likeness (QED) is 0.535. The van der Waals surface area contributed by atoms with Gasteiger partial charge in [0.2, 0.25) is 0 Å². The number of benzene rings is 1. The molecule has 4 nitrogen and oxygen atoms in total. The average Bonchev–Trinajstić information content (AvgIpc) is 3.54. The summed E-state index contributed by atoms with van der Waals surface area (Å²) in [6, 6.07) is 10.3. The minimum atomic E-state index is 0. The zero-order valence-electron chi connectivity index (χ0n) is 16.7. The molecule has 1 aromatic carbocycles. The van der Waals surface area contributed by atoms with E-state index in [2.05, 4.69) is 22.1 Å². The standard InChI is InChI=1S/C26H16N4.Zn/c1-2-4-17(5-3-1)26-24-12-10-22(29-24)15-20-8-6-18(27-20)14-19-7-9-21(28-19)16-23-11-13-25(26)30-23;/h1-16H;. The van der Waals surface area contributed by atoms with E-state index < -0.39 is 0 Å². The Morgan fingerprint density at radius 3 is 1.71 bits per heavy atom. The Morgan fingerprint density at radius 2 is 1.03 bits per heavy atom. The second-order valence-electron chi connectivity index (χ2n) is 7.27. The summed E-state index contributed by atoms with van der Waals surface area (Å²) in [6.45, 7) is 0. The predicted molar refractivity (Wildman–Crippen MR) is 124 cm³/mol. The van der Waals surface area contributed by atoms with Gasteiger partial charge in [-0.25, -0.2) is 20.0 Å². The van der Waals surface area contributed by atoms with Crippen molar-refractivity contribution in [3.63, 3.8) is 0 Å². The molecule has 142 valence electrons. The molecule has 0 atom stereocenters. The van der Waals surface area contributed by atoms with Crippen LogP contribution in [0.25, 0.3) is 5.57 Å². The number of rotatable bonds is 1. The fourth-order valence-electron chi connectivity index (χ4n) is 3.79. The first-order valence-corrected chi connectivity index (χ1v) is 9.82. The third kappa shape index (κ3) is 3.80. The monoisotopic (exact) mass is 448 g/mol. The zero-order valence-corrected chi connectivity index (χ0v) is 19.7. The van der Waals surface area contributed by atoms with Gasteiger partial charge in [0.25, 0.3) is 0 Å². The van der Waals surface area contributed by atoms with Crippen molar-refractivity contribution in [2.75, 3.05) is 0 Å². The predicted octanol–water partition coefficient (Wildman–Crippen LogP) is 5.10. The maximum absolute atomic E-state index is 4.87. The molecule has 0 saturated heterocycles. The molecule has 1 aromatic rings. The summed E-state index contributed by atoms with van der Waals surface area (Å²) in [6.07, 6.45) is 22.1. The molecule has 0 aromatic heterocycles. The number of nitrogens with zero attached hydrogens (tertiary/aromatic N) is 4. The van der Waals surface area contributed by atoms with Crippen LogP contribution in [0.1, 0.15) is 5.56 Å². The molecule has 0 unspecified atom stereocenters. The Morgan fingerprint density at radius 1 is 0.484 bits per heavy atom. The van der Waals surface area contributed by atoms with E-state index >= 15 is 0 Å². The number of aliphatic imine (C=N–C) groups is 4. The van der Waals surface area contributed by atoms with E-state index in [0.29, 0.717) is 0 Å². The summed E-state index contributed by atoms with van der Waals surface area (Å²) in [7, 11) is 0. The first-order chi connectivity index (χ1) is 14.8. The molecule has 5 aliphatic rings. The number of fused-ring (bicyclic) bond motifs is 4. The molecule has 0 radical (unpaired) electrons. The van der Waals surface area contributed by atoms with Crippen LogP contribution in [-0.4, -0.2) is 22.8 Å². The normalized spacial score (nSPS) is 20.1. The smallest absolute Gasteiger partial charge is 0.0737 e. The first-order valence-electron chi connectivity index (χ1n) is 9.82. The Labute approximate surface area is 193 Å². The molecule has 5 heterocycles. The van der Waals surface area contributed by atoms with Crippen molar-refractivity contribution in [3.05, 3.63) is 126 Å². The Bertz CT molecular complexity index is 1350. The number of allylic oxidation sites excluding steroid dienone is 12. The second kappa shape index (κ2) is 7.94. The molecule has 0 fully saturated rings. The molecule has 31 heavy (non-hydrogen) atoms. The van der Waals surface area contributed by atoms with Gasteiger partial charge in [-0.15, -0.1) is 0 Å². The van der Waals surface area contributed by atoms with E-state index in [1.54, 1.807) is 0 Å². The van der Waals surface area contributed by atoms with Gasteiger partial charge in [-0.1, -0.05) is 30.3 Å². The molecule has 0 spiro atoms. The third-order valence-electron chi connectivity index (χ3n) is 5.15. The first kappa shape index (κ1) is 19.4. The van der Waals surface area contributed by atoms with Gasteiger partial charge in [-0.2, -0.15) is 0 Å². The van der Waals surface area contributed by atoms with Gasteiger partial charge in [0, 0.05) is 25.1 Å². The van der Waals surface area contributed by atoms with Gasteiger partial charge in [0.15, 0.2) is 0 Å². The van der Waals surface area contributed by atoms with Crippen molar-refractivity contribution in [3.8, 4) is 0 Å². The molecule has 5 heteroatoms. The van der Waals surface area contributed by atoms with Gasteiger partial charge in [-0.3, -0.25) is 0 Å². The van der Waals surface area contributed by atoms with Crippen LogP contribution in [0.15, 0.2) is 140 Å². The van der Waals surface area contributed by atoms with Crippen molar-refractivity contribution in [2.45, 2.75) is 0 Å². The van der Waals surface area contributed by atoms with Crippen LogP contribution < -0.4 is 0 Å². The van der Waals surface area contributed by atoms with E-state index in [1.807, 2.05) is 85.0 Å². The summed E-state index contributed by atoms with van der Waals surface area (Å²) in [5, 5.41) is 0. The molecule has 0 aliphatic carbocycles. The molecular weight excluding hydrogens is 434 g/mol. The number of hydrogen-bond acceptors (Lipinski definition) is 4. The maximum Gasteiger partial charge on any atom is 0.0737 e. The van der Waals surface area contributed by atoms with Gasteiger partial charge in [0.1, 0.15) is 0 Å². The summed E-state index contributed by atoms with van der Waals surface area (Å²) < 4.78 is 0.